The van der Waals surface area contributed by atoms with Crippen molar-refractivity contribution in [3.05, 3.63) is 59.2 Å². The van der Waals surface area contributed by atoms with Gasteiger partial charge >= 0.3 is 0 Å². The van der Waals surface area contributed by atoms with Crippen LogP contribution >= 0.6 is 0 Å². The molecule has 21 heavy (non-hydrogen) atoms. The van der Waals surface area contributed by atoms with Gasteiger partial charge in [0.2, 0.25) is 0 Å². The number of rotatable bonds is 6. The summed E-state index contributed by atoms with van der Waals surface area (Å²) >= 11 is 0. The molecule has 0 fully saturated rings. The van der Waals surface area contributed by atoms with Gasteiger partial charge in [0.05, 0.1) is 7.11 Å². The minimum absolute atomic E-state index is 0.0335. The van der Waals surface area contributed by atoms with E-state index >= 15 is 0 Å². The van der Waals surface area contributed by atoms with Gasteiger partial charge in [-0.2, -0.15) is 0 Å². The molecule has 0 heterocycles. The first-order valence-electron chi connectivity index (χ1n) is 7.03. The third-order valence-corrected chi connectivity index (χ3v) is 3.41. The van der Waals surface area contributed by atoms with Crippen LogP contribution in [-0.2, 0) is 13.0 Å². The number of Topliss-reactive ketones (excluding diaryl/α,β-unsaturated/α-hetero) is 1. The van der Waals surface area contributed by atoms with Crippen LogP contribution in [0.1, 0.15) is 35.3 Å². The van der Waals surface area contributed by atoms with Gasteiger partial charge in [0.1, 0.15) is 18.1 Å². The number of hydrogen-bond acceptors (Lipinski definition) is 3. The lowest BCUT2D eigenvalue weighted by molar-refractivity contribution is 0.101. The number of carbonyl (C=O) groups is 1. The standard InChI is InChI=1S/C18H20O3/c1-4-14-5-8-17(9-6-14)21-12-16-11-15(13(2)19)7-10-18(16)20-3/h5-11H,4,12H2,1-3H3. The second-order valence-electron chi connectivity index (χ2n) is 4.87. The third-order valence-electron chi connectivity index (χ3n) is 3.41. The first-order chi connectivity index (χ1) is 10.1. The molecule has 2 aromatic rings. The van der Waals surface area contributed by atoms with Gasteiger partial charge in [-0.3, -0.25) is 4.79 Å². The average molecular weight is 284 g/mol. The minimum Gasteiger partial charge on any atom is -0.496 e. The lowest BCUT2D eigenvalue weighted by atomic mass is 10.1. The Morgan fingerprint density at radius 3 is 2.38 bits per heavy atom. The highest BCUT2D eigenvalue weighted by molar-refractivity contribution is 5.94. The zero-order chi connectivity index (χ0) is 15.2. The second-order valence-corrected chi connectivity index (χ2v) is 4.87. The Labute approximate surface area is 125 Å². The van der Waals surface area contributed by atoms with E-state index in [9.17, 15) is 4.79 Å². The predicted octanol–water partition coefficient (Wildman–Crippen LogP) is 4.04. The van der Waals surface area contributed by atoms with E-state index in [4.69, 9.17) is 9.47 Å². The van der Waals surface area contributed by atoms with Gasteiger partial charge in [0, 0.05) is 11.1 Å². The number of methoxy groups -OCH3 is 1. The Kier molecular flexibility index (Phi) is 4.99. The van der Waals surface area contributed by atoms with Gasteiger partial charge in [-0.1, -0.05) is 19.1 Å². The summed E-state index contributed by atoms with van der Waals surface area (Å²) < 4.78 is 11.1. The van der Waals surface area contributed by atoms with Crippen LogP contribution in [0.25, 0.3) is 0 Å². The van der Waals surface area contributed by atoms with E-state index in [-0.39, 0.29) is 5.78 Å². The summed E-state index contributed by atoms with van der Waals surface area (Å²) in [6.07, 6.45) is 1.01. The van der Waals surface area contributed by atoms with Crippen LogP contribution < -0.4 is 9.47 Å². The molecule has 0 N–H and O–H groups in total. The van der Waals surface area contributed by atoms with Crippen LogP contribution in [0.2, 0.25) is 0 Å². The fourth-order valence-corrected chi connectivity index (χ4v) is 2.09. The minimum atomic E-state index is 0.0335. The molecule has 0 aliphatic carbocycles. The van der Waals surface area contributed by atoms with Crippen molar-refractivity contribution in [3.63, 3.8) is 0 Å². The van der Waals surface area contributed by atoms with Gasteiger partial charge in [0.15, 0.2) is 5.78 Å². The molecule has 0 aliphatic heterocycles. The van der Waals surface area contributed by atoms with Crippen molar-refractivity contribution in [1.29, 1.82) is 0 Å². The zero-order valence-electron chi connectivity index (χ0n) is 12.7. The predicted molar refractivity (Wildman–Crippen MR) is 83.2 cm³/mol. The number of hydrogen-bond donors (Lipinski definition) is 0. The van der Waals surface area contributed by atoms with E-state index in [0.717, 1.165) is 23.5 Å². The largest absolute Gasteiger partial charge is 0.496 e. The molecular formula is C18H20O3. The summed E-state index contributed by atoms with van der Waals surface area (Å²) in [5, 5.41) is 0. The number of carbonyl (C=O) groups excluding carboxylic acids is 1. The Hall–Kier alpha value is -2.29. The maximum absolute atomic E-state index is 11.5. The molecule has 0 saturated heterocycles. The van der Waals surface area contributed by atoms with Crippen molar-refractivity contribution in [1.82, 2.24) is 0 Å². The maximum atomic E-state index is 11.5. The lowest BCUT2D eigenvalue weighted by Crippen LogP contribution is -2.02. The Balaban J connectivity index is 2.13. The molecule has 2 rings (SSSR count). The van der Waals surface area contributed by atoms with Crippen molar-refractivity contribution in [2.45, 2.75) is 26.9 Å². The van der Waals surface area contributed by atoms with Crippen LogP contribution in [0, 0.1) is 0 Å². The second kappa shape index (κ2) is 6.93. The molecule has 3 nitrogen and oxygen atoms in total. The molecule has 110 valence electrons. The molecule has 0 radical (unpaired) electrons. The number of benzene rings is 2. The van der Waals surface area contributed by atoms with Crippen molar-refractivity contribution in [2.75, 3.05) is 7.11 Å². The first-order valence-corrected chi connectivity index (χ1v) is 7.03. The molecule has 3 heteroatoms. The molecule has 0 amide bonds. The molecule has 0 aromatic heterocycles. The van der Waals surface area contributed by atoms with Crippen molar-refractivity contribution in [3.8, 4) is 11.5 Å². The molecule has 0 unspecified atom stereocenters. The summed E-state index contributed by atoms with van der Waals surface area (Å²) in [5.74, 6) is 1.57. The van der Waals surface area contributed by atoms with E-state index in [1.807, 2.05) is 18.2 Å². The summed E-state index contributed by atoms with van der Waals surface area (Å²) in [7, 11) is 1.61. The van der Waals surface area contributed by atoms with Crippen molar-refractivity contribution in [2.24, 2.45) is 0 Å². The van der Waals surface area contributed by atoms with Crippen molar-refractivity contribution < 1.29 is 14.3 Å². The van der Waals surface area contributed by atoms with Gasteiger partial charge in [-0.25, -0.2) is 0 Å². The summed E-state index contributed by atoms with van der Waals surface area (Å²) in [4.78, 5) is 11.5. The fourth-order valence-electron chi connectivity index (χ4n) is 2.09. The van der Waals surface area contributed by atoms with Gasteiger partial charge in [-0.15, -0.1) is 0 Å². The van der Waals surface area contributed by atoms with E-state index in [1.165, 1.54) is 5.56 Å². The fraction of sp³-hybridized carbons (Fsp3) is 0.278. The molecular weight excluding hydrogens is 264 g/mol. The number of ketones is 1. The zero-order valence-corrected chi connectivity index (χ0v) is 12.7. The van der Waals surface area contributed by atoms with Gasteiger partial charge in [-0.05, 0) is 49.2 Å². The Morgan fingerprint density at radius 1 is 1.10 bits per heavy atom. The van der Waals surface area contributed by atoms with E-state index < -0.39 is 0 Å². The summed E-state index contributed by atoms with van der Waals surface area (Å²) in [5.41, 5.74) is 2.80. The highest BCUT2D eigenvalue weighted by Gasteiger charge is 2.08. The SMILES string of the molecule is CCc1ccc(OCc2cc(C(C)=O)ccc2OC)cc1. The molecule has 0 atom stereocenters. The van der Waals surface area contributed by atoms with Crippen LogP contribution in [-0.4, -0.2) is 12.9 Å². The van der Waals surface area contributed by atoms with Crippen LogP contribution in [0.5, 0.6) is 11.5 Å². The third kappa shape index (κ3) is 3.85. The summed E-state index contributed by atoms with van der Waals surface area (Å²) in [6, 6.07) is 13.4. The highest BCUT2D eigenvalue weighted by Crippen LogP contribution is 2.22. The van der Waals surface area contributed by atoms with Gasteiger partial charge in [0.25, 0.3) is 0 Å². The first kappa shape index (κ1) is 15.1. The Morgan fingerprint density at radius 2 is 1.81 bits per heavy atom. The smallest absolute Gasteiger partial charge is 0.159 e. The molecule has 0 aliphatic rings. The quantitative estimate of drug-likeness (QED) is 0.751. The normalized spacial score (nSPS) is 10.2. The van der Waals surface area contributed by atoms with Crippen LogP contribution in [0.4, 0.5) is 0 Å². The highest BCUT2D eigenvalue weighted by atomic mass is 16.5. The maximum Gasteiger partial charge on any atom is 0.159 e. The molecule has 0 bridgehead atoms. The summed E-state index contributed by atoms with van der Waals surface area (Å²) in [6.45, 7) is 4.04. The van der Waals surface area contributed by atoms with Gasteiger partial charge < -0.3 is 9.47 Å². The van der Waals surface area contributed by atoms with Crippen molar-refractivity contribution >= 4 is 5.78 Å². The number of ether oxygens (including phenoxy) is 2. The van der Waals surface area contributed by atoms with Crippen LogP contribution in [0.3, 0.4) is 0 Å². The Bertz CT molecular complexity index is 615. The molecule has 0 spiro atoms. The lowest BCUT2D eigenvalue weighted by Gasteiger charge is -2.11. The average Bonchev–Trinajstić information content (AvgIpc) is 2.53. The monoisotopic (exact) mass is 284 g/mol. The van der Waals surface area contributed by atoms with Crippen LogP contribution in [0.15, 0.2) is 42.5 Å². The molecule has 2 aromatic carbocycles. The van der Waals surface area contributed by atoms with E-state index in [0.29, 0.717) is 12.2 Å². The topological polar surface area (TPSA) is 35.5 Å². The molecule has 0 saturated carbocycles. The number of aryl methyl sites for hydroxylation is 1. The van der Waals surface area contributed by atoms with E-state index in [1.54, 1.807) is 26.2 Å². The van der Waals surface area contributed by atoms with E-state index in [2.05, 4.69) is 19.1 Å².